The van der Waals surface area contributed by atoms with E-state index in [1.165, 1.54) is 11.1 Å². The number of phenols is 1. The number of fused-ring (bicyclic) bond motifs is 1. The van der Waals surface area contributed by atoms with Gasteiger partial charge in [-0.1, -0.05) is 13.0 Å². The molecule has 1 aromatic rings. The molecule has 1 aromatic carbocycles. The lowest BCUT2D eigenvalue weighted by molar-refractivity contribution is 0.388. The molecule has 1 aliphatic heterocycles. The first-order chi connectivity index (χ1) is 9.56. The SMILES string of the molecule is Cc1ccc(O)c2c1C(C)CC2NC1CCS(=O)CC1. The average molecular weight is 293 g/mol. The Kier molecular flexibility index (Phi) is 3.87. The lowest BCUT2D eigenvalue weighted by Crippen LogP contribution is -2.37. The molecule has 0 radical (unpaired) electrons. The number of aryl methyl sites for hydroxylation is 1. The molecule has 0 saturated carbocycles. The van der Waals surface area contributed by atoms with Crippen molar-refractivity contribution in [2.24, 2.45) is 0 Å². The second-order valence-electron chi connectivity index (χ2n) is 6.21. The van der Waals surface area contributed by atoms with Gasteiger partial charge in [0.05, 0.1) is 0 Å². The van der Waals surface area contributed by atoms with E-state index in [9.17, 15) is 9.32 Å². The van der Waals surface area contributed by atoms with Crippen molar-refractivity contribution in [1.29, 1.82) is 0 Å². The highest BCUT2D eigenvalue weighted by atomic mass is 32.2. The lowest BCUT2D eigenvalue weighted by atomic mass is 9.97. The van der Waals surface area contributed by atoms with Gasteiger partial charge in [-0.3, -0.25) is 4.21 Å². The maximum atomic E-state index is 11.4. The molecular weight excluding hydrogens is 270 g/mol. The highest BCUT2D eigenvalue weighted by molar-refractivity contribution is 7.85. The van der Waals surface area contributed by atoms with Gasteiger partial charge in [0.15, 0.2) is 0 Å². The Balaban J connectivity index is 1.81. The summed E-state index contributed by atoms with van der Waals surface area (Å²) >= 11 is 0. The summed E-state index contributed by atoms with van der Waals surface area (Å²) < 4.78 is 11.4. The summed E-state index contributed by atoms with van der Waals surface area (Å²) in [6.07, 6.45) is 3.02. The Morgan fingerprint density at radius 2 is 1.95 bits per heavy atom. The van der Waals surface area contributed by atoms with Gasteiger partial charge >= 0.3 is 0 Å². The molecule has 1 heterocycles. The molecule has 0 spiro atoms. The molecule has 110 valence electrons. The summed E-state index contributed by atoms with van der Waals surface area (Å²) in [7, 11) is -0.614. The summed E-state index contributed by atoms with van der Waals surface area (Å²) in [5.74, 6) is 2.54. The summed E-state index contributed by atoms with van der Waals surface area (Å²) in [5, 5.41) is 13.9. The van der Waals surface area contributed by atoms with Gasteiger partial charge < -0.3 is 10.4 Å². The lowest BCUT2D eigenvalue weighted by Gasteiger charge is -2.27. The maximum absolute atomic E-state index is 11.4. The predicted molar refractivity (Wildman–Crippen MR) is 82.7 cm³/mol. The first-order valence-electron chi connectivity index (χ1n) is 7.49. The Hall–Kier alpha value is -0.870. The topological polar surface area (TPSA) is 49.3 Å². The molecule has 0 bridgehead atoms. The standard InChI is InChI=1S/C16H23NO2S/c1-10-3-4-14(18)16-13(9-11(2)15(10)16)17-12-5-7-20(19)8-6-12/h3-4,11-13,17-18H,5-9H2,1-2H3. The molecule has 2 N–H and O–H groups in total. The normalized spacial score (nSPS) is 33.1. The molecule has 0 aromatic heterocycles. The van der Waals surface area contributed by atoms with E-state index in [1.54, 1.807) is 0 Å². The zero-order valence-corrected chi connectivity index (χ0v) is 13.0. The van der Waals surface area contributed by atoms with Gasteiger partial charge in [0.2, 0.25) is 0 Å². The fourth-order valence-electron chi connectivity index (χ4n) is 3.74. The number of benzene rings is 1. The van der Waals surface area contributed by atoms with Crippen molar-refractivity contribution in [3.8, 4) is 5.75 Å². The van der Waals surface area contributed by atoms with E-state index < -0.39 is 10.8 Å². The third-order valence-electron chi connectivity index (χ3n) is 4.74. The fraction of sp³-hybridized carbons (Fsp3) is 0.625. The van der Waals surface area contributed by atoms with Crippen LogP contribution in [0.2, 0.25) is 0 Å². The fourth-order valence-corrected chi connectivity index (χ4v) is 5.04. The average Bonchev–Trinajstić information content (AvgIpc) is 2.75. The molecule has 2 aliphatic rings. The number of hydrogen-bond donors (Lipinski definition) is 2. The Labute approximate surface area is 123 Å². The minimum Gasteiger partial charge on any atom is -0.508 e. The second-order valence-corrected chi connectivity index (χ2v) is 7.90. The molecule has 4 heteroatoms. The van der Waals surface area contributed by atoms with E-state index in [4.69, 9.17) is 0 Å². The summed E-state index contributed by atoms with van der Waals surface area (Å²) in [6.45, 7) is 4.36. The Bertz CT molecular complexity index is 534. The number of hydrogen-bond acceptors (Lipinski definition) is 3. The van der Waals surface area contributed by atoms with Crippen molar-refractivity contribution < 1.29 is 9.32 Å². The van der Waals surface area contributed by atoms with Crippen LogP contribution in [0.15, 0.2) is 12.1 Å². The molecule has 2 atom stereocenters. The molecule has 20 heavy (non-hydrogen) atoms. The van der Waals surface area contributed by atoms with Crippen molar-refractivity contribution >= 4 is 10.8 Å². The number of phenolic OH excluding ortho intramolecular Hbond substituents is 1. The Morgan fingerprint density at radius 3 is 2.65 bits per heavy atom. The van der Waals surface area contributed by atoms with Gasteiger partial charge in [0.1, 0.15) is 5.75 Å². The van der Waals surface area contributed by atoms with Crippen molar-refractivity contribution in [1.82, 2.24) is 5.32 Å². The third-order valence-corrected chi connectivity index (χ3v) is 6.12. The first-order valence-corrected chi connectivity index (χ1v) is 8.98. The molecular formula is C16H23NO2S. The van der Waals surface area contributed by atoms with Gasteiger partial charge in [-0.25, -0.2) is 0 Å². The van der Waals surface area contributed by atoms with Crippen LogP contribution in [0.4, 0.5) is 0 Å². The van der Waals surface area contributed by atoms with Crippen molar-refractivity contribution in [3.63, 3.8) is 0 Å². The second kappa shape index (κ2) is 5.49. The minimum atomic E-state index is -0.614. The highest BCUT2D eigenvalue weighted by Crippen LogP contribution is 2.46. The van der Waals surface area contributed by atoms with Gasteiger partial charge in [-0.05, 0) is 49.3 Å². The van der Waals surface area contributed by atoms with E-state index in [0.29, 0.717) is 17.7 Å². The molecule has 1 aliphatic carbocycles. The van der Waals surface area contributed by atoms with Gasteiger partial charge in [0.25, 0.3) is 0 Å². The molecule has 3 nitrogen and oxygen atoms in total. The molecule has 0 amide bonds. The van der Waals surface area contributed by atoms with E-state index in [2.05, 4.69) is 19.2 Å². The van der Waals surface area contributed by atoms with Crippen LogP contribution in [-0.4, -0.2) is 26.9 Å². The van der Waals surface area contributed by atoms with Crippen LogP contribution in [0.25, 0.3) is 0 Å². The predicted octanol–water partition coefficient (Wildman–Crippen LogP) is 2.75. The van der Waals surface area contributed by atoms with Crippen LogP contribution in [0.1, 0.15) is 54.8 Å². The molecule has 2 unspecified atom stereocenters. The third kappa shape index (κ3) is 2.51. The van der Waals surface area contributed by atoms with Crippen LogP contribution >= 0.6 is 0 Å². The zero-order valence-electron chi connectivity index (χ0n) is 12.2. The summed E-state index contributed by atoms with van der Waals surface area (Å²) in [4.78, 5) is 0. The number of nitrogens with one attached hydrogen (secondary N) is 1. The van der Waals surface area contributed by atoms with Crippen LogP contribution in [-0.2, 0) is 10.8 Å². The zero-order chi connectivity index (χ0) is 14.3. The molecule has 1 fully saturated rings. The van der Waals surface area contributed by atoms with Crippen LogP contribution in [0, 0.1) is 6.92 Å². The van der Waals surface area contributed by atoms with E-state index in [-0.39, 0.29) is 6.04 Å². The van der Waals surface area contributed by atoms with Crippen molar-refractivity contribution in [3.05, 3.63) is 28.8 Å². The summed E-state index contributed by atoms with van der Waals surface area (Å²) in [6, 6.07) is 4.51. The minimum absolute atomic E-state index is 0.247. The van der Waals surface area contributed by atoms with Gasteiger partial charge in [-0.2, -0.15) is 0 Å². The largest absolute Gasteiger partial charge is 0.508 e. The highest BCUT2D eigenvalue weighted by Gasteiger charge is 2.33. The maximum Gasteiger partial charge on any atom is 0.120 e. The number of rotatable bonds is 2. The van der Waals surface area contributed by atoms with Crippen molar-refractivity contribution in [2.75, 3.05) is 11.5 Å². The summed E-state index contributed by atoms with van der Waals surface area (Å²) in [5.41, 5.74) is 3.70. The van der Waals surface area contributed by atoms with E-state index >= 15 is 0 Å². The Morgan fingerprint density at radius 1 is 1.25 bits per heavy atom. The van der Waals surface area contributed by atoms with E-state index in [0.717, 1.165) is 36.3 Å². The first kappa shape index (κ1) is 14.1. The van der Waals surface area contributed by atoms with Gasteiger partial charge in [0, 0.05) is 40.0 Å². The molecule has 1 saturated heterocycles. The van der Waals surface area contributed by atoms with Crippen molar-refractivity contribution in [2.45, 2.75) is 51.1 Å². The molecule has 3 rings (SSSR count). The number of aromatic hydroxyl groups is 1. The smallest absolute Gasteiger partial charge is 0.120 e. The van der Waals surface area contributed by atoms with E-state index in [1.807, 2.05) is 12.1 Å². The van der Waals surface area contributed by atoms with Crippen LogP contribution in [0.5, 0.6) is 5.75 Å². The quantitative estimate of drug-likeness (QED) is 0.881. The van der Waals surface area contributed by atoms with Crippen LogP contribution in [0.3, 0.4) is 0 Å². The monoisotopic (exact) mass is 293 g/mol. The van der Waals surface area contributed by atoms with Gasteiger partial charge in [-0.15, -0.1) is 0 Å². The van der Waals surface area contributed by atoms with Crippen LogP contribution < -0.4 is 5.32 Å².